The number of hydrogen-bond donors (Lipinski definition) is 0. The molecule has 2 atom stereocenters. The van der Waals surface area contributed by atoms with Gasteiger partial charge in [0.15, 0.2) is 0 Å². The van der Waals surface area contributed by atoms with Crippen LogP contribution in [0.4, 0.5) is 0 Å². The summed E-state index contributed by atoms with van der Waals surface area (Å²) in [4.78, 5) is 4.90. The van der Waals surface area contributed by atoms with Crippen molar-refractivity contribution in [1.82, 2.24) is 9.80 Å². The summed E-state index contributed by atoms with van der Waals surface area (Å²) in [5.74, 6) is 0. The first-order valence-corrected chi connectivity index (χ1v) is 4.85. The number of hydrogen-bond acceptors (Lipinski definition) is 3. The topological polar surface area (TPSA) is 15.7 Å². The second-order valence-electron chi connectivity index (χ2n) is 3.81. The number of rotatable bonds is 1. The van der Waals surface area contributed by atoms with Crippen molar-refractivity contribution in [2.24, 2.45) is 0 Å². The van der Waals surface area contributed by atoms with Crippen LogP contribution >= 0.6 is 0 Å². The Kier molecular flexibility index (Phi) is 2.35. The molecular formula is C9H18N2O. The van der Waals surface area contributed by atoms with E-state index in [1.54, 1.807) is 0 Å². The molecule has 2 aliphatic rings. The minimum atomic E-state index is 0.476. The van der Waals surface area contributed by atoms with Crippen molar-refractivity contribution in [2.45, 2.75) is 19.1 Å². The maximum absolute atomic E-state index is 5.72. The summed E-state index contributed by atoms with van der Waals surface area (Å²) in [7, 11) is 2.21. The first-order chi connectivity index (χ1) is 5.81. The maximum atomic E-state index is 5.72. The molecule has 0 amide bonds. The molecule has 0 spiro atoms. The summed E-state index contributed by atoms with van der Waals surface area (Å²) in [6.07, 6.45) is 0.476. The van der Waals surface area contributed by atoms with E-state index in [2.05, 4.69) is 23.8 Å². The molecule has 0 aliphatic carbocycles. The van der Waals surface area contributed by atoms with E-state index in [0.29, 0.717) is 12.1 Å². The normalized spacial score (nSPS) is 38.5. The Morgan fingerprint density at radius 2 is 2.25 bits per heavy atom. The van der Waals surface area contributed by atoms with Gasteiger partial charge in [-0.15, -0.1) is 0 Å². The van der Waals surface area contributed by atoms with E-state index >= 15 is 0 Å². The minimum absolute atomic E-state index is 0.476. The number of morpholine rings is 1. The van der Waals surface area contributed by atoms with Gasteiger partial charge in [0.25, 0.3) is 0 Å². The summed E-state index contributed by atoms with van der Waals surface area (Å²) in [6, 6.07) is 0.652. The molecule has 2 rings (SSSR count). The van der Waals surface area contributed by atoms with Gasteiger partial charge in [-0.3, -0.25) is 9.80 Å². The Balaban J connectivity index is 1.99. The molecule has 0 aromatic rings. The number of ether oxygens (including phenoxy) is 1. The van der Waals surface area contributed by atoms with Crippen LogP contribution in [0.5, 0.6) is 0 Å². The maximum Gasteiger partial charge on any atom is 0.0869 e. The van der Waals surface area contributed by atoms with Crippen LogP contribution in [0.15, 0.2) is 0 Å². The van der Waals surface area contributed by atoms with Gasteiger partial charge in [0.2, 0.25) is 0 Å². The Bertz CT molecular complexity index is 163. The van der Waals surface area contributed by atoms with Crippen LogP contribution in [0.25, 0.3) is 0 Å². The van der Waals surface area contributed by atoms with Gasteiger partial charge in [-0.1, -0.05) is 6.92 Å². The zero-order valence-corrected chi connectivity index (χ0v) is 7.99. The molecule has 0 N–H and O–H groups in total. The molecule has 70 valence electrons. The van der Waals surface area contributed by atoms with E-state index in [1.807, 2.05) is 0 Å². The van der Waals surface area contributed by atoms with Crippen LogP contribution in [0.2, 0.25) is 0 Å². The van der Waals surface area contributed by atoms with Crippen LogP contribution in [-0.4, -0.2) is 61.8 Å². The molecule has 0 aromatic carbocycles. The number of likely N-dealkylation sites (tertiary alicyclic amines) is 1. The van der Waals surface area contributed by atoms with E-state index in [4.69, 9.17) is 4.74 Å². The van der Waals surface area contributed by atoms with Crippen LogP contribution < -0.4 is 0 Å². The second kappa shape index (κ2) is 3.32. The number of likely N-dealkylation sites (N-methyl/N-ethyl adjacent to an activating group) is 2. The fraction of sp³-hybridized carbons (Fsp3) is 1.00. The smallest absolute Gasteiger partial charge is 0.0869 e. The Hall–Kier alpha value is -0.120. The average molecular weight is 170 g/mol. The van der Waals surface area contributed by atoms with Crippen molar-refractivity contribution in [3.8, 4) is 0 Å². The predicted octanol–water partition coefficient (Wildman–Crippen LogP) is 0.0211. The SMILES string of the molecule is CCN1C[C@@H]2[C@@H](C1)OCCN2C. The Labute approximate surface area is 74.3 Å². The van der Waals surface area contributed by atoms with Gasteiger partial charge in [-0.2, -0.15) is 0 Å². The van der Waals surface area contributed by atoms with E-state index < -0.39 is 0 Å². The molecule has 0 unspecified atom stereocenters. The monoisotopic (exact) mass is 170 g/mol. The third kappa shape index (κ3) is 1.37. The van der Waals surface area contributed by atoms with Crippen LogP contribution in [-0.2, 0) is 4.74 Å². The van der Waals surface area contributed by atoms with Gasteiger partial charge < -0.3 is 4.74 Å². The van der Waals surface area contributed by atoms with Crippen molar-refractivity contribution in [3.63, 3.8) is 0 Å². The summed E-state index contributed by atoms with van der Waals surface area (Å²) in [5.41, 5.74) is 0. The number of fused-ring (bicyclic) bond motifs is 1. The minimum Gasteiger partial charge on any atom is -0.374 e. The lowest BCUT2D eigenvalue weighted by Gasteiger charge is -2.33. The molecule has 2 fully saturated rings. The molecule has 2 heterocycles. The predicted molar refractivity (Wildman–Crippen MR) is 48.3 cm³/mol. The molecule has 12 heavy (non-hydrogen) atoms. The van der Waals surface area contributed by atoms with Gasteiger partial charge in [-0.05, 0) is 13.6 Å². The van der Waals surface area contributed by atoms with Crippen molar-refractivity contribution < 1.29 is 4.74 Å². The highest BCUT2D eigenvalue weighted by molar-refractivity contribution is 4.92. The van der Waals surface area contributed by atoms with E-state index in [0.717, 1.165) is 26.2 Å². The zero-order valence-electron chi connectivity index (χ0n) is 7.99. The Morgan fingerprint density at radius 1 is 1.42 bits per heavy atom. The van der Waals surface area contributed by atoms with Crippen LogP contribution in [0.3, 0.4) is 0 Å². The van der Waals surface area contributed by atoms with Crippen molar-refractivity contribution in [1.29, 1.82) is 0 Å². The third-order valence-corrected chi connectivity index (χ3v) is 3.10. The van der Waals surface area contributed by atoms with Gasteiger partial charge in [0.05, 0.1) is 12.7 Å². The van der Waals surface area contributed by atoms with Gasteiger partial charge in [0.1, 0.15) is 0 Å². The molecule has 3 heteroatoms. The molecule has 0 radical (unpaired) electrons. The highest BCUT2D eigenvalue weighted by Gasteiger charge is 2.37. The van der Waals surface area contributed by atoms with Gasteiger partial charge in [-0.25, -0.2) is 0 Å². The largest absolute Gasteiger partial charge is 0.374 e. The third-order valence-electron chi connectivity index (χ3n) is 3.10. The Morgan fingerprint density at radius 3 is 2.92 bits per heavy atom. The fourth-order valence-corrected chi connectivity index (χ4v) is 2.19. The summed E-state index contributed by atoms with van der Waals surface area (Å²) in [5, 5.41) is 0. The zero-order chi connectivity index (χ0) is 8.55. The quantitative estimate of drug-likeness (QED) is 0.552. The standard InChI is InChI=1S/C9H18N2O/c1-3-11-6-8-9(7-11)12-5-4-10(8)2/h8-9H,3-7H2,1-2H3/t8-,9-/m1/s1. The molecular weight excluding hydrogens is 152 g/mol. The first-order valence-electron chi connectivity index (χ1n) is 4.85. The highest BCUT2D eigenvalue weighted by atomic mass is 16.5. The first kappa shape index (κ1) is 8.48. The molecule has 3 nitrogen and oxygen atoms in total. The molecule has 0 bridgehead atoms. The summed E-state index contributed by atoms with van der Waals surface area (Å²) in [6.45, 7) is 7.71. The van der Waals surface area contributed by atoms with Crippen molar-refractivity contribution in [3.05, 3.63) is 0 Å². The average Bonchev–Trinajstić information content (AvgIpc) is 2.49. The van der Waals surface area contributed by atoms with Crippen LogP contribution in [0, 0.1) is 0 Å². The van der Waals surface area contributed by atoms with Gasteiger partial charge >= 0.3 is 0 Å². The summed E-state index contributed by atoms with van der Waals surface area (Å²) < 4.78 is 5.72. The molecule has 0 saturated carbocycles. The number of nitrogens with zero attached hydrogens (tertiary/aromatic N) is 2. The lowest BCUT2D eigenvalue weighted by molar-refractivity contribution is -0.0369. The van der Waals surface area contributed by atoms with Crippen LogP contribution in [0.1, 0.15) is 6.92 Å². The van der Waals surface area contributed by atoms with Crippen molar-refractivity contribution in [2.75, 3.05) is 39.8 Å². The second-order valence-corrected chi connectivity index (χ2v) is 3.81. The highest BCUT2D eigenvalue weighted by Crippen LogP contribution is 2.20. The molecule has 2 saturated heterocycles. The summed E-state index contributed by atoms with van der Waals surface area (Å²) >= 11 is 0. The van der Waals surface area contributed by atoms with E-state index in [1.165, 1.54) is 6.54 Å². The van der Waals surface area contributed by atoms with Crippen molar-refractivity contribution >= 4 is 0 Å². The van der Waals surface area contributed by atoms with E-state index in [-0.39, 0.29) is 0 Å². The fourth-order valence-electron chi connectivity index (χ4n) is 2.19. The molecule has 0 aromatic heterocycles. The molecule has 2 aliphatic heterocycles. The van der Waals surface area contributed by atoms with Gasteiger partial charge in [0, 0.05) is 25.7 Å². The van der Waals surface area contributed by atoms with E-state index in [9.17, 15) is 0 Å². The lowest BCUT2D eigenvalue weighted by atomic mass is 10.1. The lowest BCUT2D eigenvalue weighted by Crippen LogP contribution is -2.48.